The first kappa shape index (κ1) is 14.0. The largest absolute Gasteiger partial charge is 0.378 e. The van der Waals surface area contributed by atoms with Crippen molar-refractivity contribution >= 4 is 21.6 Å². The van der Waals surface area contributed by atoms with Crippen molar-refractivity contribution in [2.75, 3.05) is 13.2 Å². The Morgan fingerprint density at radius 3 is 3.10 bits per heavy atom. The highest BCUT2D eigenvalue weighted by atomic mass is 32.1. The van der Waals surface area contributed by atoms with Crippen molar-refractivity contribution in [1.82, 2.24) is 10.3 Å². The minimum atomic E-state index is 0.438. The predicted octanol–water partition coefficient (Wildman–Crippen LogP) is 3.39. The van der Waals surface area contributed by atoms with E-state index in [9.17, 15) is 0 Å². The van der Waals surface area contributed by atoms with E-state index < -0.39 is 0 Å². The lowest BCUT2D eigenvalue weighted by Crippen LogP contribution is -2.34. The fraction of sp³-hybridized carbons (Fsp3) is 0.562. The molecule has 0 radical (unpaired) electrons. The highest BCUT2D eigenvalue weighted by Gasteiger charge is 2.21. The molecule has 2 heterocycles. The van der Waals surface area contributed by atoms with Crippen LogP contribution in [0, 0.1) is 0 Å². The van der Waals surface area contributed by atoms with Crippen LogP contribution in [0.3, 0.4) is 0 Å². The molecule has 1 saturated heterocycles. The van der Waals surface area contributed by atoms with Gasteiger partial charge in [-0.05, 0) is 37.9 Å². The summed E-state index contributed by atoms with van der Waals surface area (Å²) in [7, 11) is 0. The molecule has 1 aliphatic heterocycles. The van der Waals surface area contributed by atoms with Gasteiger partial charge in [0.2, 0.25) is 0 Å². The standard InChI is InChI=1S/C16H22N2OS/c1-2-17-12(10-13-6-5-9-19-13)11-16-18-14-7-3-4-8-15(14)20-16/h3-4,7-8,12-13,17H,2,5-6,9-11H2,1H3. The molecule has 3 nitrogen and oxygen atoms in total. The van der Waals surface area contributed by atoms with Gasteiger partial charge in [0.05, 0.1) is 21.3 Å². The number of likely N-dealkylation sites (N-methyl/N-ethyl adjacent to an activating group) is 1. The van der Waals surface area contributed by atoms with Gasteiger partial charge < -0.3 is 10.1 Å². The number of aromatic nitrogens is 1. The van der Waals surface area contributed by atoms with E-state index in [2.05, 4.69) is 36.5 Å². The van der Waals surface area contributed by atoms with Gasteiger partial charge in [-0.25, -0.2) is 4.98 Å². The van der Waals surface area contributed by atoms with Crippen molar-refractivity contribution in [3.05, 3.63) is 29.3 Å². The molecule has 1 aromatic carbocycles. The fourth-order valence-corrected chi connectivity index (χ4v) is 3.94. The van der Waals surface area contributed by atoms with Crippen molar-refractivity contribution < 1.29 is 4.74 Å². The second-order valence-corrected chi connectivity index (χ2v) is 6.52. The second kappa shape index (κ2) is 6.66. The molecule has 1 aromatic heterocycles. The molecule has 4 heteroatoms. The van der Waals surface area contributed by atoms with Gasteiger partial charge in [0.15, 0.2) is 0 Å². The summed E-state index contributed by atoms with van der Waals surface area (Å²) in [5.41, 5.74) is 1.12. The number of rotatable bonds is 6. The van der Waals surface area contributed by atoms with E-state index in [0.29, 0.717) is 12.1 Å². The minimum Gasteiger partial charge on any atom is -0.378 e. The number of hydrogen-bond acceptors (Lipinski definition) is 4. The van der Waals surface area contributed by atoms with Crippen molar-refractivity contribution in [1.29, 1.82) is 0 Å². The summed E-state index contributed by atoms with van der Waals surface area (Å²) >= 11 is 1.82. The maximum atomic E-state index is 5.77. The second-order valence-electron chi connectivity index (χ2n) is 5.40. The fourth-order valence-electron chi connectivity index (χ4n) is 2.89. The number of nitrogens with one attached hydrogen (secondary N) is 1. The molecule has 108 valence electrons. The van der Waals surface area contributed by atoms with E-state index in [1.165, 1.54) is 22.5 Å². The van der Waals surface area contributed by atoms with Crippen LogP contribution in [-0.4, -0.2) is 30.3 Å². The number of nitrogens with zero attached hydrogens (tertiary/aromatic N) is 1. The normalized spacial score (nSPS) is 20.6. The van der Waals surface area contributed by atoms with Crippen LogP contribution in [0.1, 0.15) is 31.2 Å². The molecule has 2 aromatic rings. The van der Waals surface area contributed by atoms with Crippen LogP contribution in [0.4, 0.5) is 0 Å². The van der Waals surface area contributed by atoms with E-state index >= 15 is 0 Å². The van der Waals surface area contributed by atoms with Gasteiger partial charge in [-0.2, -0.15) is 0 Å². The van der Waals surface area contributed by atoms with Gasteiger partial charge in [0, 0.05) is 19.1 Å². The molecule has 3 rings (SSSR count). The van der Waals surface area contributed by atoms with Crippen molar-refractivity contribution in [3.63, 3.8) is 0 Å². The van der Waals surface area contributed by atoms with Gasteiger partial charge in [0.25, 0.3) is 0 Å². The average molecular weight is 290 g/mol. The quantitative estimate of drug-likeness (QED) is 0.885. The summed E-state index contributed by atoms with van der Waals surface area (Å²) in [6.45, 7) is 4.10. The van der Waals surface area contributed by atoms with Gasteiger partial charge in [0.1, 0.15) is 0 Å². The molecular weight excluding hydrogens is 268 g/mol. The van der Waals surface area contributed by atoms with Gasteiger partial charge in [-0.1, -0.05) is 19.1 Å². The summed E-state index contributed by atoms with van der Waals surface area (Å²) in [5, 5.41) is 4.82. The maximum Gasteiger partial charge on any atom is 0.0954 e. The third-order valence-electron chi connectivity index (χ3n) is 3.82. The van der Waals surface area contributed by atoms with Crippen molar-refractivity contribution in [3.8, 4) is 0 Å². The van der Waals surface area contributed by atoms with Crippen LogP contribution >= 0.6 is 11.3 Å². The molecule has 0 bridgehead atoms. The average Bonchev–Trinajstić information content (AvgIpc) is 3.07. The zero-order chi connectivity index (χ0) is 13.8. The monoisotopic (exact) mass is 290 g/mol. The van der Waals surface area contributed by atoms with Crippen LogP contribution in [0.2, 0.25) is 0 Å². The Hall–Kier alpha value is -0.970. The van der Waals surface area contributed by atoms with Crippen LogP contribution in [-0.2, 0) is 11.2 Å². The van der Waals surface area contributed by atoms with Gasteiger partial charge in [-0.15, -0.1) is 11.3 Å². The van der Waals surface area contributed by atoms with E-state index in [1.54, 1.807) is 0 Å². The highest BCUT2D eigenvalue weighted by molar-refractivity contribution is 7.18. The summed E-state index contributed by atoms with van der Waals surface area (Å²) in [5.74, 6) is 0. The van der Waals surface area contributed by atoms with Crippen molar-refractivity contribution in [2.45, 2.75) is 44.8 Å². The summed E-state index contributed by atoms with van der Waals surface area (Å²) in [4.78, 5) is 4.75. The lowest BCUT2D eigenvalue weighted by molar-refractivity contribution is 0.0948. The smallest absolute Gasteiger partial charge is 0.0954 e. The number of hydrogen-bond donors (Lipinski definition) is 1. The SMILES string of the molecule is CCNC(Cc1nc2ccccc2s1)CC1CCCO1. The Balaban J connectivity index is 1.68. The Morgan fingerprint density at radius 2 is 2.35 bits per heavy atom. The number of fused-ring (bicyclic) bond motifs is 1. The molecule has 0 amide bonds. The van der Waals surface area contributed by atoms with Gasteiger partial charge in [-0.3, -0.25) is 0 Å². The third-order valence-corrected chi connectivity index (χ3v) is 4.88. The van der Waals surface area contributed by atoms with E-state index in [-0.39, 0.29) is 0 Å². The molecule has 2 unspecified atom stereocenters. The number of thiazole rings is 1. The van der Waals surface area contributed by atoms with E-state index in [4.69, 9.17) is 9.72 Å². The molecule has 0 spiro atoms. The lowest BCUT2D eigenvalue weighted by atomic mass is 10.0. The summed E-state index contributed by atoms with van der Waals surface area (Å²) < 4.78 is 7.06. The molecule has 20 heavy (non-hydrogen) atoms. The molecule has 1 aliphatic rings. The molecule has 0 aliphatic carbocycles. The number of ether oxygens (including phenoxy) is 1. The molecule has 2 atom stereocenters. The van der Waals surface area contributed by atoms with E-state index in [1.807, 2.05) is 11.3 Å². The van der Waals surface area contributed by atoms with E-state index in [0.717, 1.165) is 31.5 Å². The molecule has 1 N–H and O–H groups in total. The topological polar surface area (TPSA) is 34.2 Å². The molecule has 1 fully saturated rings. The molecular formula is C16H22N2OS. The summed E-state index contributed by atoms with van der Waals surface area (Å²) in [6, 6.07) is 8.86. The van der Waals surface area contributed by atoms with Crippen LogP contribution in [0.5, 0.6) is 0 Å². The first-order valence-electron chi connectivity index (χ1n) is 7.54. The number of benzene rings is 1. The van der Waals surface area contributed by atoms with Gasteiger partial charge >= 0.3 is 0 Å². The van der Waals surface area contributed by atoms with Crippen LogP contribution in [0.15, 0.2) is 24.3 Å². The first-order valence-corrected chi connectivity index (χ1v) is 8.36. The Morgan fingerprint density at radius 1 is 1.45 bits per heavy atom. The highest BCUT2D eigenvalue weighted by Crippen LogP contribution is 2.24. The first-order chi connectivity index (χ1) is 9.85. The number of para-hydroxylation sites is 1. The third kappa shape index (κ3) is 3.37. The Kier molecular flexibility index (Phi) is 4.65. The zero-order valence-electron chi connectivity index (χ0n) is 12.0. The Bertz CT molecular complexity index is 515. The molecule has 0 saturated carbocycles. The maximum absolute atomic E-state index is 5.77. The minimum absolute atomic E-state index is 0.438. The van der Waals surface area contributed by atoms with Crippen LogP contribution < -0.4 is 5.32 Å². The Labute approximate surface area is 124 Å². The van der Waals surface area contributed by atoms with Crippen molar-refractivity contribution in [2.24, 2.45) is 0 Å². The van der Waals surface area contributed by atoms with Crippen LogP contribution in [0.25, 0.3) is 10.2 Å². The predicted molar refractivity (Wildman–Crippen MR) is 84.4 cm³/mol. The summed E-state index contributed by atoms with van der Waals surface area (Å²) in [6.07, 6.45) is 4.97. The zero-order valence-corrected chi connectivity index (χ0v) is 12.8. The lowest BCUT2D eigenvalue weighted by Gasteiger charge is -2.20.